The summed E-state index contributed by atoms with van der Waals surface area (Å²) in [6, 6.07) is 5.85. The van der Waals surface area contributed by atoms with E-state index in [4.69, 9.17) is 4.74 Å². The molecule has 0 bridgehead atoms. The van der Waals surface area contributed by atoms with Gasteiger partial charge in [-0.15, -0.1) is 0 Å². The summed E-state index contributed by atoms with van der Waals surface area (Å²) in [6.07, 6.45) is 2.83. The Morgan fingerprint density at radius 2 is 1.93 bits per heavy atom. The van der Waals surface area contributed by atoms with Crippen molar-refractivity contribution in [2.45, 2.75) is 24.7 Å². The van der Waals surface area contributed by atoms with Crippen LogP contribution in [0, 0.1) is 26.1 Å². The minimum atomic E-state index is -3.91. The Morgan fingerprint density at radius 1 is 1.17 bits per heavy atom. The lowest BCUT2D eigenvalue weighted by Gasteiger charge is -2.30. The van der Waals surface area contributed by atoms with E-state index in [1.807, 2.05) is 6.92 Å². The molecule has 0 amide bonds. The normalized spacial score (nSPS) is 17.6. The highest BCUT2D eigenvalue weighted by atomic mass is 32.2. The van der Waals surface area contributed by atoms with Crippen LogP contribution in [0.5, 0.6) is 11.5 Å². The molecule has 1 atom stereocenters. The Labute approximate surface area is 166 Å². The molecule has 0 aliphatic carbocycles. The van der Waals surface area contributed by atoms with E-state index in [0.29, 0.717) is 19.5 Å². The van der Waals surface area contributed by atoms with Crippen LogP contribution in [-0.4, -0.2) is 40.6 Å². The first-order valence-electron chi connectivity index (χ1n) is 8.76. The number of nitro groups is 2. The number of aromatic nitrogens is 1. The van der Waals surface area contributed by atoms with E-state index in [1.54, 1.807) is 0 Å². The Hall–Kier alpha value is -3.12. The Bertz CT molecular complexity index is 1060. The Morgan fingerprint density at radius 3 is 2.59 bits per heavy atom. The van der Waals surface area contributed by atoms with Gasteiger partial charge in [-0.2, -0.15) is 4.31 Å². The molecule has 154 valence electrons. The van der Waals surface area contributed by atoms with Crippen LogP contribution < -0.4 is 4.74 Å². The van der Waals surface area contributed by atoms with E-state index < -0.39 is 31.4 Å². The largest absolute Gasteiger partial charge is 0.441 e. The minimum Gasteiger partial charge on any atom is -0.441 e. The fourth-order valence-corrected chi connectivity index (χ4v) is 4.74. The molecule has 1 unspecified atom stereocenters. The number of benzene rings is 1. The van der Waals surface area contributed by atoms with Gasteiger partial charge in [0.25, 0.3) is 0 Å². The standard InChI is InChI=1S/C17H18N4O7S/c1-12-4-3-9-19(11-12)29(26,27)13-6-7-15(14(10-13)20(22)23)28-16-5-2-8-18-17(16)21(24)25/h2,5-8,10,12H,3-4,9,11H2,1H3. The summed E-state index contributed by atoms with van der Waals surface area (Å²) in [7, 11) is -3.91. The quantitative estimate of drug-likeness (QED) is 0.510. The van der Waals surface area contributed by atoms with Crippen molar-refractivity contribution in [1.82, 2.24) is 9.29 Å². The number of piperidine rings is 1. The summed E-state index contributed by atoms with van der Waals surface area (Å²) >= 11 is 0. The lowest BCUT2D eigenvalue weighted by molar-refractivity contribution is -0.391. The van der Waals surface area contributed by atoms with Crippen molar-refractivity contribution in [2.24, 2.45) is 5.92 Å². The number of hydrogen-bond acceptors (Lipinski definition) is 8. The number of nitrogens with zero attached hydrogens (tertiary/aromatic N) is 4. The van der Waals surface area contributed by atoms with Crippen LogP contribution in [-0.2, 0) is 10.0 Å². The van der Waals surface area contributed by atoms with E-state index in [0.717, 1.165) is 18.6 Å². The van der Waals surface area contributed by atoms with Crippen molar-refractivity contribution in [3.05, 3.63) is 56.8 Å². The molecule has 0 radical (unpaired) electrons. The van der Waals surface area contributed by atoms with Crippen LogP contribution in [0.3, 0.4) is 0 Å². The van der Waals surface area contributed by atoms with Gasteiger partial charge in [0.15, 0.2) is 0 Å². The monoisotopic (exact) mass is 422 g/mol. The van der Waals surface area contributed by atoms with Crippen molar-refractivity contribution in [1.29, 1.82) is 0 Å². The van der Waals surface area contributed by atoms with Crippen LogP contribution in [0.25, 0.3) is 0 Å². The van der Waals surface area contributed by atoms with Crippen molar-refractivity contribution in [3.8, 4) is 11.5 Å². The Kier molecular flexibility index (Phi) is 5.75. The minimum absolute atomic E-state index is 0.197. The predicted octanol–water partition coefficient (Wildman–Crippen LogP) is 3.11. The van der Waals surface area contributed by atoms with Gasteiger partial charge in [-0.05, 0) is 52.9 Å². The SMILES string of the molecule is CC1CCCN(S(=O)(=O)c2ccc(Oc3cccnc3[N+](=O)[O-])c([N+](=O)[O-])c2)C1. The molecule has 1 aliphatic rings. The molecule has 0 N–H and O–H groups in total. The molecule has 1 aliphatic heterocycles. The van der Waals surface area contributed by atoms with Gasteiger partial charge in [0.2, 0.25) is 21.5 Å². The Balaban J connectivity index is 1.98. The fraction of sp³-hybridized carbons (Fsp3) is 0.353. The molecule has 1 fully saturated rings. The lowest BCUT2D eigenvalue weighted by Crippen LogP contribution is -2.39. The third-order valence-electron chi connectivity index (χ3n) is 4.53. The van der Waals surface area contributed by atoms with E-state index in [2.05, 4.69) is 4.98 Å². The average Bonchev–Trinajstić information content (AvgIpc) is 2.68. The zero-order valence-electron chi connectivity index (χ0n) is 15.4. The smallest absolute Gasteiger partial charge is 0.406 e. The van der Waals surface area contributed by atoms with E-state index in [9.17, 15) is 28.6 Å². The predicted molar refractivity (Wildman–Crippen MR) is 101 cm³/mol. The number of pyridine rings is 1. The average molecular weight is 422 g/mol. The summed E-state index contributed by atoms with van der Waals surface area (Å²) in [5.74, 6) is -1.03. The lowest BCUT2D eigenvalue weighted by atomic mass is 10.0. The maximum absolute atomic E-state index is 12.9. The van der Waals surface area contributed by atoms with Crippen LogP contribution in [0.4, 0.5) is 11.5 Å². The van der Waals surface area contributed by atoms with Gasteiger partial charge >= 0.3 is 11.5 Å². The third kappa shape index (κ3) is 4.32. The van der Waals surface area contributed by atoms with Gasteiger partial charge in [-0.1, -0.05) is 6.92 Å². The highest BCUT2D eigenvalue weighted by molar-refractivity contribution is 7.89. The van der Waals surface area contributed by atoms with E-state index >= 15 is 0 Å². The van der Waals surface area contributed by atoms with Crippen molar-refractivity contribution in [3.63, 3.8) is 0 Å². The summed E-state index contributed by atoms with van der Waals surface area (Å²) in [5, 5.41) is 22.6. The summed E-state index contributed by atoms with van der Waals surface area (Å²) < 4.78 is 32.4. The molecule has 2 aromatic rings. The number of sulfonamides is 1. The summed E-state index contributed by atoms with van der Waals surface area (Å²) in [5.41, 5.74) is -0.616. The number of hydrogen-bond donors (Lipinski definition) is 0. The second-order valence-corrected chi connectivity index (χ2v) is 8.62. The van der Waals surface area contributed by atoms with Gasteiger partial charge in [0, 0.05) is 19.2 Å². The fourth-order valence-electron chi connectivity index (χ4n) is 3.12. The van der Waals surface area contributed by atoms with Crippen molar-refractivity contribution in [2.75, 3.05) is 13.1 Å². The second-order valence-electron chi connectivity index (χ2n) is 6.68. The van der Waals surface area contributed by atoms with Gasteiger partial charge in [-0.3, -0.25) is 10.1 Å². The highest BCUT2D eigenvalue weighted by Gasteiger charge is 2.31. The van der Waals surface area contributed by atoms with Crippen LogP contribution in [0.2, 0.25) is 0 Å². The molecular weight excluding hydrogens is 404 g/mol. The van der Waals surface area contributed by atoms with Gasteiger partial charge in [0.1, 0.15) is 6.20 Å². The van der Waals surface area contributed by atoms with Gasteiger partial charge in [0.05, 0.1) is 9.82 Å². The molecule has 1 aromatic heterocycles. The second kappa shape index (κ2) is 8.09. The molecule has 11 nitrogen and oxygen atoms in total. The van der Waals surface area contributed by atoms with E-state index in [1.165, 1.54) is 28.7 Å². The van der Waals surface area contributed by atoms with Gasteiger partial charge < -0.3 is 14.9 Å². The topological polar surface area (TPSA) is 146 Å². The zero-order valence-corrected chi connectivity index (χ0v) is 16.2. The molecule has 2 heterocycles. The molecule has 0 spiro atoms. The zero-order chi connectivity index (χ0) is 21.2. The molecular formula is C17H18N4O7S. The molecule has 1 saturated heterocycles. The first-order valence-corrected chi connectivity index (χ1v) is 10.2. The van der Waals surface area contributed by atoms with Gasteiger partial charge in [-0.25, -0.2) is 8.42 Å². The molecule has 0 saturated carbocycles. The number of nitro benzene ring substituents is 1. The molecule has 3 rings (SSSR count). The number of rotatable bonds is 6. The molecule has 12 heteroatoms. The van der Waals surface area contributed by atoms with Crippen molar-refractivity contribution >= 4 is 21.5 Å². The molecule has 29 heavy (non-hydrogen) atoms. The summed E-state index contributed by atoms with van der Waals surface area (Å²) in [4.78, 5) is 24.3. The number of ether oxygens (including phenoxy) is 1. The van der Waals surface area contributed by atoms with Crippen LogP contribution in [0.1, 0.15) is 19.8 Å². The highest BCUT2D eigenvalue weighted by Crippen LogP contribution is 2.37. The van der Waals surface area contributed by atoms with Crippen molar-refractivity contribution < 1.29 is 23.0 Å². The first-order chi connectivity index (χ1) is 13.7. The van der Waals surface area contributed by atoms with Crippen LogP contribution in [0.15, 0.2) is 41.4 Å². The summed E-state index contributed by atoms with van der Waals surface area (Å²) in [6.45, 7) is 2.64. The maximum Gasteiger partial charge on any atom is 0.406 e. The third-order valence-corrected chi connectivity index (χ3v) is 6.39. The van der Waals surface area contributed by atoms with E-state index in [-0.39, 0.29) is 22.3 Å². The maximum atomic E-state index is 12.9. The molecule has 1 aromatic carbocycles. The van der Waals surface area contributed by atoms with Crippen LogP contribution >= 0.6 is 0 Å². The first kappa shape index (κ1) is 20.6.